The summed E-state index contributed by atoms with van der Waals surface area (Å²) in [6.45, 7) is 1.84. The first-order chi connectivity index (χ1) is 6.09. The quantitative estimate of drug-likeness (QED) is 0.696. The third-order valence-corrected chi connectivity index (χ3v) is 2.83. The molecule has 0 saturated heterocycles. The fourth-order valence-corrected chi connectivity index (χ4v) is 1.80. The molecular formula is C8H7BrN2O2. The first-order valence-corrected chi connectivity index (χ1v) is 4.59. The highest BCUT2D eigenvalue weighted by molar-refractivity contribution is 9.10. The summed E-state index contributed by atoms with van der Waals surface area (Å²) in [5.41, 5.74) is 4.01. The minimum atomic E-state index is -0.264. The second-order valence-corrected chi connectivity index (χ2v) is 3.81. The lowest BCUT2D eigenvalue weighted by molar-refractivity contribution is -0.116. The van der Waals surface area contributed by atoms with E-state index in [2.05, 4.69) is 21.4 Å². The van der Waals surface area contributed by atoms with Crippen molar-refractivity contribution in [3.8, 4) is 0 Å². The van der Waals surface area contributed by atoms with E-state index in [0.29, 0.717) is 5.69 Å². The normalized spacial score (nSPS) is 15.5. The number of aromatic nitrogens is 1. The minimum Gasteiger partial charge on any atom is -0.292 e. The molecule has 0 spiro atoms. The molecule has 1 aliphatic heterocycles. The molecule has 13 heavy (non-hydrogen) atoms. The number of hydrogen-bond acceptors (Lipinski definition) is 2. The van der Waals surface area contributed by atoms with E-state index in [9.17, 15) is 9.59 Å². The Morgan fingerprint density at radius 3 is 2.92 bits per heavy atom. The third kappa shape index (κ3) is 1.19. The monoisotopic (exact) mass is 242 g/mol. The topological polar surface area (TPSA) is 51.1 Å². The lowest BCUT2D eigenvalue weighted by Gasteiger charge is -2.15. The second kappa shape index (κ2) is 2.70. The van der Waals surface area contributed by atoms with Crippen molar-refractivity contribution in [3.05, 3.63) is 21.9 Å². The van der Waals surface area contributed by atoms with Crippen molar-refractivity contribution < 1.29 is 9.59 Å². The van der Waals surface area contributed by atoms with E-state index >= 15 is 0 Å². The van der Waals surface area contributed by atoms with Gasteiger partial charge in [0.05, 0.1) is 6.42 Å². The molecule has 1 aromatic heterocycles. The van der Waals surface area contributed by atoms with Crippen molar-refractivity contribution in [3.63, 3.8) is 0 Å². The van der Waals surface area contributed by atoms with Gasteiger partial charge >= 0.3 is 0 Å². The van der Waals surface area contributed by atoms with Crippen LogP contribution in [0.25, 0.3) is 0 Å². The molecule has 4 nitrogen and oxygen atoms in total. The molecule has 0 fully saturated rings. The van der Waals surface area contributed by atoms with E-state index in [4.69, 9.17) is 0 Å². The highest BCUT2D eigenvalue weighted by atomic mass is 79.9. The van der Waals surface area contributed by atoms with Crippen LogP contribution in [0, 0.1) is 6.92 Å². The van der Waals surface area contributed by atoms with Gasteiger partial charge in [-0.25, -0.2) is 0 Å². The number of fused-ring (bicyclic) bond motifs is 1. The smallest absolute Gasteiger partial charge is 0.246 e. The zero-order chi connectivity index (χ0) is 9.59. The van der Waals surface area contributed by atoms with E-state index in [1.807, 2.05) is 6.92 Å². The third-order valence-electron chi connectivity index (χ3n) is 2.03. The summed E-state index contributed by atoms with van der Waals surface area (Å²) in [6, 6.07) is 0. The summed E-state index contributed by atoms with van der Waals surface area (Å²) in [5.74, 6) is -0.396. The molecule has 1 N–H and O–H groups in total. The van der Waals surface area contributed by atoms with Gasteiger partial charge in [0.15, 0.2) is 5.78 Å². The van der Waals surface area contributed by atoms with Crippen LogP contribution < -0.4 is 5.43 Å². The molecule has 0 bridgehead atoms. The molecule has 0 saturated carbocycles. The Morgan fingerprint density at radius 1 is 1.54 bits per heavy atom. The van der Waals surface area contributed by atoms with E-state index in [-0.39, 0.29) is 18.1 Å². The van der Waals surface area contributed by atoms with Crippen LogP contribution in [0.15, 0.2) is 10.7 Å². The van der Waals surface area contributed by atoms with Gasteiger partial charge in [0, 0.05) is 10.7 Å². The van der Waals surface area contributed by atoms with E-state index in [1.54, 1.807) is 6.20 Å². The summed E-state index contributed by atoms with van der Waals surface area (Å²) >= 11 is 3.30. The van der Waals surface area contributed by atoms with E-state index in [1.165, 1.54) is 4.68 Å². The number of rotatable bonds is 0. The number of amides is 1. The van der Waals surface area contributed by atoms with Crippen molar-refractivity contribution in [1.29, 1.82) is 0 Å². The average molecular weight is 243 g/mol. The second-order valence-electron chi connectivity index (χ2n) is 2.96. The predicted octanol–water partition coefficient (Wildman–Crippen LogP) is 1.22. The number of nitrogens with one attached hydrogen (secondary N) is 1. The van der Waals surface area contributed by atoms with Crippen molar-refractivity contribution in [1.82, 2.24) is 4.68 Å². The summed E-state index contributed by atoms with van der Waals surface area (Å²) < 4.78 is 2.30. The zero-order valence-electron chi connectivity index (χ0n) is 6.93. The Labute approximate surface area is 83.0 Å². The highest BCUT2D eigenvalue weighted by Crippen LogP contribution is 2.24. The standard InChI is InChI=1S/C8H7BrN2O2/c1-4-5(9)3-11-8(4)6(12)2-7(13)10-11/h3H,2H2,1H3,(H,10,13). The fourth-order valence-electron chi connectivity index (χ4n) is 1.40. The van der Waals surface area contributed by atoms with E-state index in [0.717, 1.165) is 10.0 Å². The number of halogens is 1. The molecular weight excluding hydrogens is 236 g/mol. The predicted molar refractivity (Wildman–Crippen MR) is 50.2 cm³/mol. The van der Waals surface area contributed by atoms with Crippen LogP contribution in [0.1, 0.15) is 22.5 Å². The Balaban J connectivity index is 2.62. The summed E-state index contributed by atoms with van der Waals surface area (Å²) in [7, 11) is 0. The molecule has 0 aromatic carbocycles. The fraction of sp³-hybridized carbons (Fsp3) is 0.250. The van der Waals surface area contributed by atoms with Crippen LogP contribution >= 0.6 is 15.9 Å². The molecule has 68 valence electrons. The molecule has 2 rings (SSSR count). The Hall–Kier alpha value is -1.10. The van der Waals surface area contributed by atoms with Gasteiger partial charge < -0.3 is 0 Å². The van der Waals surface area contributed by atoms with Gasteiger partial charge in [0.25, 0.3) is 0 Å². The first kappa shape index (κ1) is 8.50. The lowest BCUT2D eigenvalue weighted by Crippen LogP contribution is -2.33. The lowest BCUT2D eigenvalue weighted by atomic mass is 10.1. The molecule has 0 radical (unpaired) electrons. The average Bonchev–Trinajstić information content (AvgIpc) is 2.27. The van der Waals surface area contributed by atoms with Crippen molar-refractivity contribution in [2.45, 2.75) is 13.3 Å². The van der Waals surface area contributed by atoms with Crippen molar-refractivity contribution in [2.24, 2.45) is 0 Å². The number of Topliss-reactive ketones (excluding diaryl/α,β-unsaturated/α-hetero) is 1. The van der Waals surface area contributed by atoms with Gasteiger partial charge in [0.1, 0.15) is 5.69 Å². The zero-order valence-corrected chi connectivity index (χ0v) is 8.51. The Morgan fingerprint density at radius 2 is 2.23 bits per heavy atom. The maximum absolute atomic E-state index is 11.4. The Bertz CT molecular complexity index is 409. The van der Waals surface area contributed by atoms with Gasteiger partial charge in [-0.1, -0.05) is 0 Å². The van der Waals surface area contributed by atoms with Crippen LogP contribution in [0.3, 0.4) is 0 Å². The van der Waals surface area contributed by atoms with Crippen LogP contribution in [0.2, 0.25) is 0 Å². The number of carbonyl (C=O) groups is 2. The summed E-state index contributed by atoms with van der Waals surface area (Å²) in [4.78, 5) is 22.4. The minimum absolute atomic E-state index is 0.0582. The number of nitrogens with zero attached hydrogens (tertiary/aromatic N) is 1. The summed E-state index contributed by atoms with van der Waals surface area (Å²) in [6.07, 6.45) is 1.62. The largest absolute Gasteiger partial charge is 0.292 e. The van der Waals surface area contributed by atoms with Gasteiger partial charge in [-0.05, 0) is 28.4 Å². The molecule has 0 unspecified atom stereocenters. The van der Waals surface area contributed by atoms with E-state index < -0.39 is 0 Å². The van der Waals surface area contributed by atoms with Crippen LogP contribution in [-0.4, -0.2) is 16.4 Å². The number of hydrogen-bond donors (Lipinski definition) is 1. The summed E-state index contributed by atoms with van der Waals surface area (Å²) in [5, 5.41) is 0. The van der Waals surface area contributed by atoms with Gasteiger partial charge in [-0.15, -0.1) is 0 Å². The van der Waals surface area contributed by atoms with Gasteiger partial charge in [-0.3, -0.25) is 19.7 Å². The van der Waals surface area contributed by atoms with Gasteiger partial charge in [-0.2, -0.15) is 0 Å². The molecule has 5 heteroatoms. The van der Waals surface area contributed by atoms with Crippen LogP contribution in [-0.2, 0) is 4.79 Å². The van der Waals surface area contributed by atoms with Crippen molar-refractivity contribution >= 4 is 27.6 Å². The number of carbonyl (C=O) groups excluding carboxylic acids is 2. The maximum atomic E-state index is 11.4. The molecule has 1 aromatic rings. The van der Waals surface area contributed by atoms with Crippen LogP contribution in [0.4, 0.5) is 0 Å². The molecule has 0 atom stereocenters. The molecule has 2 heterocycles. The SMILES string of the molecule is Cc1c(Br)cn2c1C(=O)CC(=O)N2. The highest BCUT2D eigenvalue weighted by Gasteiger charge is 2.25. The van der Waals surface area contributed by atoms with Gasteiger partial charge in [0.2, 0.25) is 5.91 Å². The Kier molecular flexibility index (Phi) is 1.76. The van der Waals surface area contributed by atoms with Crippen LogP contribution in [0.5, 0.6) is 0 Å². The maximum Gasteiger partial charge on any atom is 0.246 e. The molecule has 1 amide bonds. The first-order valence-electron chi connectivity index (χ1n) is 3.80. The molecule has 0 aliphatic carbocycles. The van der Waals surface area contributed by atoms with Crippen molar-refractivity contribution in [2.75, 3.05) is 5.43 Å². The molecule has 1 aliphatic rings. The number of ketones is 1.